The highest BCUT2D eigenvalue weighted by Crippen LogP contribution is 2.55. The van der Waals surface area contributed by atoms with Gasteiger partial charge in [0.2, 0.25) is 0 Å². The number of hydrogen-bond acceptors (Lipinski definition) is 8. The van der Waals surface area contributed by atoms with Gasteiger partial charge >= 0.3 is 5.63 Å². The van der Waals surface area contributed by atoms with Crippen LogP contribution in [0.4, 0.5) is 5.69 Å². The number of hydrogen-bond donors (Lipinski definition) is 1. The van der Waals surface area contributed by atoms with Crippen molar-refractivity contribution in [1.29, 1.82) is 0 Å². The van der Waals surface area contributed by atoms with E-state index in [1.54, 1.807) is 24.3 Å². The maximum Gasteiger partial charge on any atom is 0.347 e. The molecule has 5 aromatic carbocycles. The van der Waals surface area contributed by atoms with E-state index in [1.807, 2.05) is 29.1 Å². The molecule has 0 saturated heterocycles. The standard InChI is InChI=1S/C45H41N6O4P/c1-3-50(4-2)34-22-21-32-27-40(45(53)55-42(32)28-34)43-46-41-24-23-35(29-39(41)44(52)47-43)54-31-33-30-51(49-48-33)25-14-26-56(36-15-8-5-9-16-36,37-17-10-6-11-18-37)38-19-12-7-13-20-38/h5-13,15-24,27-30H,3-4,14,25-26,31H2,1-2H3/p+1. The van der Waals surface area contributed by atoms with Crippen molar-refractivity contribution in [3.8, 4) is 17.1 Å². The van der Waals surface area contributed by atoms with Gasteiger partial charge in [0.15, 0.2) is 0 Å². The van der Waals surface area contributed by atoms with Gasteiger partial charge < -0.3 is 19.0 Å². The first-order valence-corrected chi connectivity index (χ1v) is 20.9. The van der Waals surface area contributed by atoms with Crippen LogP contribution in [0.1, 0.15) is 26.0 Å². The lowest BCUT2D eigenvalue weighted by Gasteiger charge is -2.27. The zero-order valence-electron chi connectivity index (χ0n) is 31.3. The lowest BCUT2D eigenvalue weighted by Crippen LogP contribution is -2.33. The molecule has 0 bridgehead atoms. The largest absolute Gasteiger partial charge is 0.487 e. The van der Waals surface area contributed by atoms with Gasteiger partial charge in [-0.15, -0.1) is 5.10 Å². The molecule has 8 rings (SSSR count). The van der Waals surface area contributed by atoms with Crippen molar-refractivity contribution >= 4 is 50.7 Å². The SMILES string of the molecule is CCN(CC)c1ccc2cc(-c3nc4ccc(OCc5cn(CCC[P+](c6ccccc6)(c6ccccc6)c6ccccc6)nn5)cc4c(=O)[nH]3)c(=O)oc2c1. The molecule has 280 valence electrons. The Morgan fingerprint density at radius 3 is 2.09 bits per heavy atom. The lowest BCUT2D eigenvalue weighted by molar-refractivity contribution is 0.301. The number of rotatable bonds is 14. The van der Waals surface area contributed by atoms with Crippen LogP contribution in [0.15, 0.2) is 154 Å². The number of aromatic nitrogens is 5. The Labute approximate surface area is 324 Å². The van der Waals surface area contributed by atoms with Crippen LogP contribution < -0.4 is 36.7 Å². The molecule has 8 aromatic rings. The Balaban J connectivity index is 0.960. The summed E-state index contributed by atoms with van der Waals surface area (Å²) in [5.41, 5.74) is 1.78. The van der Waals surface area contributed by atoms with Crippen molar-refractivity contribution < 1.29 is 9.15 Å². The second-order valence-electron chi connectivity index (χ2n) is 13.6. The van der Waals surface area contributed by atoms with Crippen LogP contribution in [0.3, 0.4) is 0 Å². The molecule has 10 nitrogen and oxygen atoms in total. The van der Waals surface area contributed by atoms with Crippen molar-refractivity contribution in [2.45, 2.75) is 33.4 Å². The molecule has 0 unspecified atom stereocenters. The van der Waals surface area contributed by atoms with Crippen molar-refractivity contribution in [1.82, 2.24) is 25.0 Å². The highest BCUT2D eigenvalue weighted by molar-refractivity contribution is 7.95. The van der Waals surface area contributed by atoms with Gasteiger partial charge in [0.1, 0.15) is 58.2 Å². The fourth-order valence-electron chi connectivity index (χ4n) is 7.41. The van der Waals surface area contributed by atoms with E-state index < -0.39 is 18.4 Å². The zero-order chi connectivity index (χ0) is 38.5. The molecule has 0 radical (unpaired) electrons. The van der Waals surface area contributed by atoms with E-state index in [4.69, 9.17) is 9.15 Å². The van der Waals surface area contributed by atoms with Gasteiger partial charge in [0, 0.05) is 43.2 Å². The highest BCUT2D eigenvalue weighted by atomic mass is 31.2. The second-order valence-corrected chi connectivity index (χ2v) is 17.2. The second kappa shape index (κ2) is 16.2. The monoisotopic (exact) mass is 761 g/mol. The number of benzene rings is 5. The fourth-order valence-corrected chi connectivity index (χ4v) is 11.7. The Morgan fingerprint density at radius 2 is 1.45 bits per heavy atom. The maximum absolute atomic E-state index is 13.3. The molecule has 0 fully saturated rings. The summed E-state index contributed by atoms with van der Waals surface area (Å²) in [4.78, 5) is 35.9. The Morgan fingerprint density at radius 1 is 0.786 bits per heavy atom. The summed E-state index contributed by atoms with van der Waals surface area (Å²) < 4.78 is 13.6. The molecule has 0 spiro atoms. The van der Waals surface area contributed by atoms with E-state index in [2.05, 4.69) is 130 Å². The Bertz CT molecular complexity index is 2620. The summed E-state index contributed by atoms with van der Waals surface area (Å²) >= 11 is 0. The van der Waals surface area contributed by atoms with Crippen LogP contribution in [0.2, 0.25) is 0 Å². The number of nitrogens with zero attached hydrogens (tertiary/aromatic N) is 5. The van der Waals surface area contributed by atoms with E-state index in [0.717, 1.165) is 36.7 Å². The van der Waals surface area contributed by atoms with Gasteiger partial charge in [-0.3, -0.25) is 9.48 Å². The fraction of sp³-hybridized carbons (Fsp3) is 0.178. The quantitative estimate of drug-likeness (QED) is 0.0922. The molecule has 0 aliphatic carbocycles. The number of fused-ring (bicyclic) bond motifs is 2. The third-order valence-electron chi connectivity index (χ3n) is 10.2. The van der Waals surface area contributed by atoms with E-state index in [1.165, 1.54) is 15.9 Å². The van der Waals surface area contributed by atoms with E-state index in [9.17, 15) is 9.59 Å². The zero-order valence-corrected chi connectivity index (χ0v) is 32.2. The van der Waals surface area contributed by atoms with Crippen LogP contribution in [0.25, 0.3) is 33.3 Å². The summed E-state index contributed by atoms with van der Waals surface area (Å²) in [6.07, 6.45) is 3.79. The van der Waals surface area contributed by atoms with Gasteiger partial charge in [0.25, 0.3) is 5.56 Å². The first-order chi connectivity index (χ1) is 27.4. The predicted octanol–water partition coefficient (Wildman–Crippen LogP) is 7.10. The molecule has 11 heteroatoms. The number of aromatic amines is 1. The van der Waals surface area contributed by atoms with Gasteiger partial charge in [-0.25, -0.2) is 9.78 Å². The van der Waals surface area contributed by atoms with E-state index in [-0.39, 0.29) is 18.0 Å². The minimum absolute atomic E-state index is 0.145. The summed E-state index contributed by atoms with van der Waals surface area (Å²) in [7, 11) is -1.94. The molecular formula is C45H42N6O4P+. The summed E-state index contributed by atoms with van der Waals surface area (Å²) in [6.45, 7) is 6.71. The molecule has 3 aromatic heterocycles. The smallest absolute Gasteiger partial charge is 0.347 e. The molecule has 56 heavy (non-hydrogen) atoms. The van der Waals surface area contributed by atoms with Crippen LogP contribution >= 0.6 is 7.26 Å². The molecule has 3 heterocycles. The van der Waals surface area contributed by atoms with Crippen molar-refractivity contribution in [3.63, 3.8) is 0 Å². The summed E-state index contributed by atoms with van der Waals surface area (Å²) in [5.74, 6) is 0.636. The first kappa shape index (κ1) is 36.6. The predicted molar refractivity (Wildman–Crippen MR) is 226 cm³/mol. The molecular weight excluding hydrogens is 720 g/mol. The van der Waals surface area contributed by atoms with Gasteiger partial charge in [-0.05, 0) is 86.6 Å². The average Bonchev–Trinajstić information content (AvgIpc) is 3.70. The lowest BCUT2D eigenvalue weighted by atomic mass is 10.1. The average molecular weight is 762 g/mol. The highest BCUT2D eigenvalue weighted by Gasteiger charge is 2.44. The number of H-pyrrole nitrogens is 1. The van der Waals surface area contributed by atoms with Crippen LogP contribution in [0.5, 0.6) is 5.75 Å². The first-order valence-electron chi connectivity index (χ1n) is 18.9. The van der Waals surface area contributed by atoms with Crippen molar-refractivity contribution in [2.75, 3.05) is 24.2 Å². The molecule has 0 atom stereocenters. The number of nitrogens with one attached hydrogen (secondary N) is 1. The summed E-state index contributed by atoms with van der Waals surface area (Å²) in [5, 5.41) is 13.9. The number of anilines is 1. The van der Waals surface area contributed by atoms with Gasteiger partial charge in [-0.1, -0.05) is 59.8 Å². The van der Waals surface area contributed by atoms with Gasteiger partial charge in [0.05, 0.1) is 23.3 Å². The molecule has 1 N–H and O–H groups in total. The maximum atomic E-state index is 13.3. The topological polar surface area (TPSA) is 119 Å². The van der Waals surface area contributed by atoms with Crippen LogP contribution in [-0.2, 0) is 13.2 Å². The third-order valence-corrected chi connectivity index (χ3v) is 14.8. The minimum atomic E-state index is -1.94. The minimum Gasteiger partial charge on any atom is -0.487 e. The van der Waals surface area contributed by atoms with Crippen LogP contribution in [-0.4, -0.2) is 44.2 Å². The van der Waals surface area contributed by atoms with E-state index >= 15 is 0 Å². The molecule has 0 aliphatic heterocycles. The normalized spacial score (nSPS) is 11.6. The van der Waals surface area contributed by atoms with Gasteiger partial charge in [-0.2, -0.15) is 0 Å². The van der Waals surface area contributed by atoms with Crippen molar-refractivity contribution in [3.05, 3.63) is 166 Å². The molecule has 0 aliphatic rings. The Kier molecular flexibility index (Phi) is 10.6. The number of ether oxygens (including phenoxy) is 1. The third kappa shape index (κ3) is 7.36. The molecule has 0 amide bonds. The summed E-state index contributed by atoms with van der Waals surface area (Å²) in [6, 6.07) is 45.2. The van der Waals surface area contributed by atoms with Crippen molar-refractivity contribution in [2.24, 2.45) is 0 Å². The van der Waals surface area contributed by atoms with Crippen LogP contribution in [0, 0.1) is 0 Å². The number of aryl methyl sites for hydroxylation is 1. The molecule has 0 saturated carbocycles. The van der Waals surface area contributed by atoms with E-state index in [0.29, 0.717) is 34.5 Å². The Hall–Kier alpha value is -6.38.